The summed E-state index contributed by atoms with van der Waals surface area (Å²) in [7, 11) is 0. The molecular weight excluding hydrogens is 220 g/mol. The Kier molecular flexibility index (Phi) is 4.99. The van der Waals surface area contributed by atoms with Crippen molar-refractivity contribution in [2.45, 2.75) is 58.9 Å². The molecule has 2 unspecified atom stereocenters. The number of rotatable bonds is 5. The fourth-order valence-electron chi connectivity index (χ4n) is 3.34. The van der Waals surface area contributed by atoms with E-state index in [0.717, 1.165) is 25.4 Å². The molecule has 18 heavy (non-hydrogen) atoms. The Morgan fingerprint density at radius 1 is 1.39 bits per heavy atom. The summed E-state index contributed by atoms with van der Waals surface area (Å²) in [5, 5.41) is 0. The van der Waals surface area contributed by atoms with Crippen molar-refractivity contribution in [3.8, 4) is 0 Å². The lowest BCUT2D eigenvalue weighted by molar-refractivity contribution is 0.191. The third-order valence-electron chi connectivity index (χ3n) is 4.42. The van der Waals surface area contributed by atoms with Gasteiger partial charge in [-0.1, -0.05) is 33.3 Å². The van der Waals surface area contributed by atoms with E-state index in [1.165, 1.54) is 37.9 Å². The van der Waals surface area contributed by atoms with Gasteiger partial charge in [0.1, 0.15) is 0 Å². The fraction of sp³-hybridized carbons (Fsp3) is 0.812. The molecule has 0 saturated heterocycles. The highest BCUT2D eigenvalue weighted by atomic mass is 15.2. The largest absolute Gasteiger partial charge is 0.295 e. The predicted octanol–water partition coefficient (Wildman–Crippen LogP) is 3.68. The molecule has 2 rings (SSSR count). The zero-order valence-corrected chi connectivity index (χ0v) is 12.3. The van der Waals surface area contributed by atoms with Gasteiger partial charge in [0, 0.05) is 6.54 Å². The Balaban J connectivity index is 2.15. The first-order valence-corrected chi connectivity index (χ1v) is 7.75. The number of fused-ring (bicyclic) bond motifs is 1. The highest BCUT2D eigenvalue weighted by Gasteiger charge is 2.34. The highest BCUT2D eigenvalue weighted by Crippen LogP contribution is 2.32. The second-order valence-electron chi connectivity index (χ2n) is 5.73. The van der Waals surface area contributed by atoms with Gasteiger partial charge in [-0.3, -0.25) is 9.89 Å². The molecule has 0 N–H and O–H groups in total. The van der Waals surface area contributed by atoms with Crippen molar-refractivity contribution in [1.82, 2.24) is 4.90 Å². The molecule has 0 aromatic rings. The van der Waals surface area contributed by atoms with Crippen molar-refractivity contribution in [2.24, 2.45) is 10.9 Å². The number of aliphatic imine (C=N–C) groups is 1. The Hall–Kier alpha value is -0.630. The van der Waals surface area contributed by atoms with E-state index in [-0.39, 0.29) is 0 Å². The maximum atomic E-state index is 4.87. The van der Waals surface area contributed by atoms with Crippen LogP contribution in [-0.4, -0.2) is 36.3 Å². The van der Waals surface area contributed by atoms with E-state index in [1.54, 1.807) is 5.57 Å². The van der Waals surface area contributed by atoms with Crippen LogP contribution in [0.3, 0.4) is 0 Å². The van der Waals surface area contributed by atoms with Crippen LogP contribution in [0.5, 0.6) is 0 Å². The maximum absolute atomic E-state index is 4.87. The number of hydrogen-bond acceptors (Lipinski definition) is 2. The Labute approximate surface area is 112 Å². The van der Waals surface area contributed by atoms with Gasteiger partial charge in [-0.15, -0.1) is 0 Å². The minimum Gasteiger partial charge on any atom is -0.295 e. The van der Waals surface area contributed by atoms with Gasteiger partial charge in [-0.2, -0.15) is 0 Å². The van der Waals surface area contributed by atoms with Crippen LogP contribution in [0.4, 0.5) is 0 Å². The molecule has 2 heteroatoms. The van der Waals surface area contributed by atoms with E-state index in [2.05, 4.69) is 31.7 Å². The molecule has 2 atom stereocenters. The summed E-state index contributed by atoms with van der Waals surface area (Å²) in [6, 6.07) is 0.585. The van der Waals surface area contributed by atoms with Gasteiger partial charge in [0.15, 0.2) is 0 Å². The molecule has 102 valence electrons. The van der Waals surface area contributed by atoms with E-state index < -0.39 is 0 Å². The van der Waals surface area contributed by atoms with Crippen LogP contribution >= 0.6 is 0 Å². The van der Waals surface area contributed by atoms with Crippen LogP contribution in [0.1, 0.15) is 52.9 Å². The van der Waals surface area contributed by atoms with E-state index in [4.69, 9.17) is 4.99 Å². The molecule has 0 aromatic carbocycles. The first kappa shape index (κ1) is 13.8. The topological polar surface area (TPSA) is 15.6 Å². The average Bonchev–Trinajstić information content (AvgIpc) is 2.41. The Morgan fingerprint density at radius 2 is 2.22 bits per heavy atom. The maximum Gasteiger partial charge on any atom is 0.0551 e. The van der Waals surface area contributed by atoms with Crippen LogP contribution < -0.4 is 0 Å². The quantitative estimate of drug-likeness (QED) is 0.724. The van der Waals surface area contributed by atoms with E-state index in [1.807, 2.05) is 0 Å². The van der Waals surface area contributed by atoms with E-state index >= 15 is 0 Å². The van der Waals surface area contributed by atoms with Crippen LogP contribution in [-0.2, 0) is 0 Å². The van der Waals surface area contributed by atoms with Crippen LogP contribution in [0.15, 0.2) is 16.6 Å². The molecule has 0 bridgehead atoms. The minimum atomic E-state index is 0.585. The van der Waals surface area contributed by atoms with Gasteiger partial charge >= 0.3 is 0 Å². The third kappa shape index (κ3) is 2.85. The van der Waals surface area contributed by atoms with Crippen molar-refractivity contribution in [3.63, 3.8) is 0 Å². The number of hydrogen-bond donors (Lipinski definition) is 0. The summed E-state index contributed by atoms with van der Waals surface area (Å²) in [6.07, 6.45) is 8.77. The Bertz CT molecular complexity index is 330. The molecule has 1 aliphatic carbocycles. The summed E-state index contributed by atoms with van der Waals surface area (Å²) < 4.78 is 0. The van der Waals surface area contributed by atoms with Gasteiger partial charge < -0.3 is 0 Å². The molecule has 0 amide bonds. The van der Waals surface area contributed by atoms with E-state index in [9.17, 15) is 0 Å². The average molecular weight is 248 g/mol. The molecule has 0 radical (unpaired) electrons. The van der Waals surface area contributed by atoms with Gasteiger partial charge in [0.2, 0.25) is 0 Å². The van der Waals surface area contributed by atoms with Crippen molar-refractivity contribution in [3.05, 3.63) is 11.6 Å². The van der Waals surface area contributed by atoms with E-state index in [0.29, 0.717) is 6.04 Å². The summed E-state index contributed by atoms with van der Waals surface area (Å²) in [6.45, 7) is 10.4. The number of dihydropyridines is 1. The molecule has 0 aromatic heterocycles. The SMILES string of the molecule is CCCCN(CC)C1C2=NCCC=C2CCC1C. The standard InChI is InChI=1S/C16H28N2/c1-4-6-12-18(5-2)16-13(3)9-10-14-8-7-11-17-15(14)16/h8,13,16H,4-7,9-12H2,1-3H3. The second-order valence-corrected chi connectivity index (χ2v) is 5.73. The first-order valence-electron chi connectivity index (χ1n) is 7.75. The van der Waals surface area contributed by atoms with Gasteiger partial charge in [0.05, 0.1) is 11.8 Å². The predicted molar refractivity (Wildman–Crippen MR) is 79.3 cm³/mol. The normalized spacial score (nSPS) is 27.8. The summed E-state index contributed by atoms with van der Waals surface area (Å²) in [4.78, 5) is 7.52. The first-order chi connectivity index (χ1) is 8.77. The number of unbranched alkanes of at least 4 members (excludes halogenated alkanes) is 1. The van der Waals surface area contributed by atoms with Crippen molar-refractivity contribution in [1.29, 1.82) is 0 Å². The smallest absolute Gasteiger partial charge is 0.0551 e. The summed E-state index contributed by atoms with van der Waals surface area (Å²) in [5.41, 5.74) is 2.98. The lowest BCUT2D eigenvalue weighted by Crippen LogP contribution is -2.49. The molecular formula is C16H28N2. The highest BCUT2D eigenvalue weighted by molar-refractivity contribution is 6.05. The monoisotopic (exact) mass is 248 g/mol. The zero-order chi connectivity index (χ0) is 13.0. The molecule has 2 nitrogen and oxygen atoms in total. The molecule has 1 fully saturated rings. The van der Waals surface area contributed by atoms with Crippen molar-refractivity contribution >= 4 is 5.71 Å². The molecule has 2 aliphatic rings. The molecule has 1 aliphatic heterocycles. The van der Waals surface area contributed by atoms with Crippen LogP contribution in [0, 0.1) is 5.92 Å². The summed E-state index contributed by atoms with van der Waals surface area (Å²) >= 11 is 0. The molecule has 0 spiro atoms. The fourth-order valence-corrected chi connectivity index (χ4v) is 3.34. The van der Waals surface area contributed by atoms with Crippen molar-refractivity contribution < 1.29 is 0 Å². The lowest BCUT2D eigenvalue weighted by Gasteiger charge is -2.41. The molecule has 1 saturated carbocycles. The van der Waals surface area contributed by atoms with Crippen LogP contribution in [0.2, 0.25) is 0 Å². The van der Waals surface area contributed by atoms with Gasteiger partial charge in [0.25, 0.3) is 0 Å². The van der Waals surface area contributed by atoms with Crippen LogP contribution in [0.25, 0.3) is 0 Å². The lowest BCUT2D eigenvalue weighted by atomic mass is 9.78. The van der Waals surface area contributed by atoms with Crippen molar-refractivity contribution in [2.75, 3.05) is 19.6 Å². The van der Waals surface area contributed by atoms with Gasteiger partial charge in [-0.25, -0.2) is 0 Å². The zero-order valence-electron chi connectivity index (χ0n) is 12.3. The molecule has 1 heterocycles. The second kappa shape index (κ2) is 6.51. The number of nitrogens with zero attached hydrogens (tertiary/aromatic N) is 2. The Morgan fingerprint density at radius 3 is 2.94 bits per heavy atom. The minimum absolute atomic E-state index is 0.585. The third-order valence-corrected chi connectivity index (χ3v) is 4.42. The summed E-state index contributed by atoms with van der Waals surface area (Å²) in [5.74, 6) is 0.760. The van der Waals surface area contributed by atoms with Gasteiger partial charge in [-0.05, 0) is 50.3 Å².